The first-order chi connectivity index (χ1) is 15.5. The number of hydrogen-bond donors (Lipinski definition) is 2. The van der Waals surface area contributed by atoms with Crippen LogP contribution in [0.15, 0.2) is 42.5 Å². The second kappa shape index (κ2) is 7.85. The molecule has 8 nitrogen and oxygen atoms in total. The summed E-state index contributed by atoms with van der Waals surface area (Å²) in [4.78, 5) is 39.8. The van der Waals surface area contributed by atoms with Crippen molar-refractivity contribution in [2.45, 2.75) is 37.8 Å². The summed E-state index contributed by atoms with van der Waals surface area (Å²) < 4.78 is 11.2. The average molecular weight is 435 g/mol. The summed E-state index contributed by atoms with van der Waals surface area (Å²) in [6.45, 7) is 2.63. The molecule has 2 N–H and O–H groups in total. The molecule has 4 amide bonds. The monoisotopic (exact) mass is 435 g/mol. The minimum Gasteiger partial charge on any atom is -0.486 e. The van der Waals surface area contributed by atoms with Crippen molar-refractivity contribution in [3.8, 4) is 11.5 Å². The molecule has 5 rings (SSSR count). The largest absolute Gasteiger partial charge is 0.486 e. The molecule has 0 bridgehead atoms. The first-order valence-electron chi connectivity index (χ1n) is 10.9. The highest BCUT2D eigenvalue weighted by atomic mass is 16.6. The van der Waals surface area contributed by atoms with Gasteiger partial charge in [-0.25, -0.2) is 4.79 Å². The Labute approximate surface area is 185 Å². The molecule has 1 fully saturated rings. The van der Waals surface area contributed by atoms with E-state index < -0.39 is 17.5 Å². The summed E-state index contributed by atoms with van der Waals surface area (Å²) in [6.07, 6.45) is 1.86. The Bertz CT molecular complexity index is 1100. The van der Waals surface area contributed by atoms with E-state index in [1.165, 1.54) is 0 Å². The van der Waals surface area contributed by atoms with Gasteiger partial charge in [-0.3, -0.25) is 14.5 Å². The van der Waals surface area contributed by atoms with Gasteiger partial charge in [-0.2, -0.15) is 0 Å². The molecular formula is C24H25N3O5. The Morgan fingerprint density at radius 2 is 1.94 bits per heavy atom. The molecule has 8 heteroatoms. The van der Waals surface area contributed by atoms with Gasteiger partial charge in [0.15, 0.2) is 11.5 Å². The molecule has 0 aromatic heterocycles. The summed E-state index contributed by atoms with van der Waals surface area (Å²) in [6, 6.07) is 12.4. The number of nitrogens with zero attached hydrogens (tertiary/aromatic N) is 1. The summed E-state index contributed by atoms with van der Waals surface area (Å²) in [5.74, 6) is 0.577. The van der Waals surface area contributed by atoms with Crippen molar-refractivity contribution in [2.24, 2.45) is 0 Å². The molecule has 1 saturated heterocycles. The van der Waals surface area contributed by atoms with Gasteiger partial charge in [0.05, 0.1) is 6.04 Å². The number of imide groups is 1. The van der Waals surface area contributed by atoms with Crippen LogP contribution in [0.2, 0.25) is 0 Å². The van der Waals surface area contributed by atoms with Crippen molar-refractivity contribution in [1.82, 2.24) is 15.5 Å². The number of urea groups is 1. The molecule has 3 aliphatic rings. The van der Waals surface area contributed by atoms with E-state index >= 15 is 0 Å². The van der Waals surface area contributed by atoms with Gasteiger partial charge in [0.25, 0.3) is 5.91 Å². The molecule has 1 aliphatic carbocycles. The highest BCUT2D eigenvalue weighted by molar-refractivity contribution is 6.09. The number of nitrogens with one attached hydrogen (secondary N) is 2. The molecule has 2 heterocycles. The van der Waals surface area contributed by atoms with Crippen LogP contribution < -0.4 is 20.1 Å². The lowest BCUT2D eigenvalue weighted by atomic mass is 9.92. The maximum Gasteiger partial charge on any atom is 0.325 e. The fourth-order valence-corrected chi connectivity index (χ4v) is 4.81. The van der Waals surface area contributed by atoms with Crippen LogP contribution in [-0.2, 0) is 21.5 Å². The second-order valence-electron chi connectivity index (χ2n) is 8.32. The Balaban J connectivity index is 1.30. The highest BCUT2D eigenvalue weighted by Gasteiger charge is 2.55. The van der Waals surface area contributed by atoms with Gasteiger partial charge >= 0.3 is 6.03 Å². The van der Waals surface area contributed by atoms with E-state index in [4.69, 9.17) is 9.47 Å². The van der Waals surface area contributed by atoms with Gasteiger partial charge in [0.1, 0.15) is 25.3 Å². The number of benzene rings is 2. The predicted octanol–water partition coefficient (Wildman–Crippen LogP) is 2.42. The quantitative estimate of drug-likeness (QED) is 0.703. The molecular weight excluding hydrogens is 410 g/mol. The lowest BCUT2D eigenvalue weighted by molar-refractivity contribution is -0.135. The molecule has 32 heavy (non-hydrogen) atoms. The van der Waals surface area contributed by atoms with Crippen molar-refractivity contribution in [1.29, 1.82) is 0 Å². The Kier molecular flexibility index (Phi) is 5.00. The van der Waals surface area contributed by atoms with Crippen LogP contribution in [0.3, 0.4) is 0 Å². The summed E-state index contributed by atoms with van der Waals surface area (Å²) >= 11 is 0. The van der Waals surface area contributed by atoms with Crippen molar-refractivity contribution < 1.29 is 23.9 Å². The van der Waals surface area contributed by atoms with E-state index in [0.29, 0.717) is 44.0 Å². The smallest absolute Gasteiger partial charge is 0.325 e. The number of hydrogen-bond acceptors (Lipinski definition) is 5. The van der Waals surface area contributed by atoms with Crippen molar-refractivity contribution in [2.75, 3.05) is 19.8 Å². The van der Waals surface area contributed by atoms with Gasteiger partial charge in [-0.05, 0) is 48.1 Å². The van der Waals surface area contributed by atoms with Crippen LogP contribution in [0.4, 0.5) is 4.79 Å². The second-order valence-corrected chi connectivity index (χ2v) is 8.32. The predicted molar refractivity (Wildman–Crippen MR) is 115 cm³/mol. The van der Waals surface area contributed by atoms with E-state index in [1.807, 2.05) is 49.4 Å². The number of ether oxygens (including phenoxy) is 2. The van der Waals surface area contributed by atoms with E-state index in [2.05, 4.69) is 10.6 Å². The van der Waals surface area contributed by atoms with E-state index in [1.54, 1.807) is 0 Å². The molecule has 2 unspecified atom stereocenters. The van der Waals surface area contributed by atoms with Crippen molar-refractivity contribution in [3.63, 3.8) is 0 Å². The minimum atomic E-state index is -1.06. The molecule has 1 spiro atoms. The van der Waals surface area contributed by atoms with E-state index in [-0.39, 0.29) is 18.5 Å². The Hall–Kier alpha value is -3.55. The van der Waals surface area contributed by atoms with Crippen molar-refractivity contribution >= 4 is 17.8 Å². The molecule has 2 aliphatic heterocycles. The number of rotatable bonds is 5. The van der Waals surface area contributed by atoms with Crippen LogP contribution in [0, 0.1) is 0 Å². The Morgan fingerprint density at radius 1 is 1.16 bits per heavy atom. The molecule has 166 valence electrons. The first kappa shape index (κ1) is 20.4. The van der Waals surface area contributed by atoms with Gasteiger partial charge in [-0.1, -0.05) is 37.3 Å². The third-order valence-corrected chi connectivity index (χ3v) is 6.44. The normalized spacial score (nSPS) is 22.0. The van der Waals surface area contributed by atoms with Crippen LogP contribution in [0.5, 0.6) is 11.5 Å². The van der Waals surface area contributed by atoms with Gasteiger partial charge in [0, 0.05) is 0 Å². The molecule has 0 radical (unpaired) electrons. The Morgan fingerprint density at radius 3 is 2.75 bits per heavy atom. The summed E-state index contributed by atoms with van der Waals surface area (Å²) in [5.41, 5.74) is 1.69. The first-order valence-corrected chi connectivity index (χ1v) is 10.9. The van der Waals surface area contributed by atoms with Crippen molar-refractivity contribution in [3.05, 3.63) is 59.2 Å². The maximum atomic E-state index is 13.3. The number of fused-ring (bicyclic) bond motifs is 3. The topological polar surface area (TPSA) is 97.0 Å². The number of carbonyl (C=O) groups is 3. The highest BCUT2D eigenvalue weighted by Crippen LogP contribution is 2.41. The number of aryl methyl sites for hydroxylation is 1. The fraction of sp³-hybridized carbons (Fsp3) is 0.375. The summed E-state index contributed by atoms with van der Waals surface area (Å²) in [5, 5.41) is 5.80. The maximum absolute atomic E-state index is 13.3. The lowest BCUT2D eigenvalue weighted by Crippen LogP contribution is -2.44. The number of amides is 4. The van der Waals surface area contributed by atoms with Crippen LogP contribution in [0.25, 0.3) is 0 Å². The standard InChI is InChI=1S/C24H25N3O5/c1-2-18(16-7-8-19-20(13-16)32-12-11-31-19)25-21(28)14-27-22(29)24(26-23(27)30)10-9-15-5-3-4-6-17(15)24/h3-8,13,18H,2,9-12,14H2,1H3,(H,25,28)(H,26,30). The van der Waals surface area contributed by atoms with Gasteiger partial charge < -0.3 is 20.1 Å². The van der Waals surface area contributed by atoms with E-state index in [9.17, 15) is 14.4 Å². The van der Waals surface area contributed by atoms with Gasteiger partial charge in [-0.15, -0.1) is 0 Å². The molecule has 2 aromatic carbocycles. The van der Waals surface area contributed by atoms with Crippen LogP contribution >= 0.6 is 0 Å². The van der Waals surface area contributed by atoms with Gasteiger partial charge in [0.2, 0.25) is 5.91 Å². The summed E-state index contributed by atoms with van der Waals surface area (Å²) in [7, 11) is 0. The lowest BCUT2D eigenvalue weighted by Gasteiger charge is -2.24. The minimum absolute atomic E-state index is 0.278. The molecule has 2 atom stereocenters. The van der Waals surface area contributed by atoms with Crippen LogP contribution in [0.1, 0.15) is 42.5 Å². The van der Waals surface area contributed by atoms with Crippen LogP contribution in [-0.4, -0.2) is 42.5 Å². The zero-order chi connectivity index (χ0) is 22.3. The molecule has 0 saturated carbocycles. The zero-order valence-electron chi connectivity index (χ0n) is 17.8. The molecule has 2 aromatic rings. The number of carbonyl (C=O) groups excluding carboxylic acids is 3. The zero-order valence-corrected chi connectivity index (χ0v) is 17.8. The third-order valence-electron chi connectivity index (χ3n) is 6.44. The third kappa shape index (κ3) is 3.26. The average Bonchev–Trinajstić information content (AvgIpc) is 3.30. The SMILES string of the molecule is CCC(NC(=O)CN1C(=O)NC2(CCc3ccccc32)C1=O)c1ccc2c(c1)OCCO2. The van der Waals surface area contributed by atoms with E-state index in [0.717, 1.165) is 21.6 Å². The fourth-order valence-electron chi connectivity index (χ4n) is 4.81.